The second kappa shape index (κ2) is 5.99. The molecule has 0 radical (unpaired) electrons. The van der Waals surface area contributed by atoms with Crippen LogP contribution >= 0.6 is 0 Å². The molecule has 0 aliphatic rings. The Kier molecular flexibility index (Phi) is 4.94. The van der Waals surface area contributed by atoms with Gasteiger partial charge in [0.15, 0.2) is 0 Å². The van der Waals surface area contributed by atoms with Crippen LogP contribution < -0.4 is 0 Å². The maximum absolute atomic E-state index is 9.69. The molecule has 0 amide bonds. The summed E-state index contributed by atoms with van der Waals surface area (Å²) in [5, 5.41) is 9.69. The van der Waals surface area contributed by atoms with Gasteiger partial charge < -0.3 is 5.11 Å². The topological polar surface area (TPSA) is 20.2 Å². The maximum Gasteiger partial charge on any atom is 0.119 e. The van der Waals surface area contributed by atoms with Crippen LogP contribution in [0.25, 0.3) is 0 Å². The molecule has 0 aromatic heterocycles. The van der Waals surface area contributed by atoms with Crippen LogP contribution in [0.3, 0.4) is 0 Å². The normalized spacial score (nSPS) is 10.9. The molecule has 1 N–H and O–H groups in total. The summed E-state index contributed by atoms with van der Waals surface area (Å²) in [4.78, 5) is 0. The molecule has 16 heavy (non-hydrogen) atoms. The molecule has 0 spiro atoms. The minimum Gasteiger partial charge on any atom is -0.508 e. The first-order valence-electron chi connectivity index (χ1n) is 5.99. The standard InChI is InChI=1S/C14H22OSi/c1-11(2)16(12(3)4)10-9-13-7-5-6-8-14(13)15/h5-8,10-12,15H,9H2,1-4H3. The Morgan fingerprint density at radius 1 is 1.12 bits per heavy atom. The molecule has 0 fully saturated rings. The molecule has 0 unspecified atom stereocenters. The van der Waals surface area contributed by atoms with Crippen LogP contribution in [0.2, 0.25) is 11.1 Å². The molecule has 1 nitrogen and oxygen atoms in total. The lowest BCUT2D eigenvalue weighted by Gasteiger charge is -2.14. The van der Waals surface area contributed by atoms with E-state index in [2.05, 4.69) is 33.4 Å². The zero-order valence-corrected chi connectivity index (χ0v) is 11.7. The average Bonchev–Trinajstić information content (AvgIpc) is 2.20. The van der Waals surface area contributed by atoms with Gasteiger partial charge in [0.25, 0.3) is 0 Å². The fraction of sp³-hybridized carbons (Fsp3) is 0.500. The fourth-order valence-electron chi connectivity index (χ4n) is 2.05. The van der Waals surface area contributed by atoms with E-state index in [1.54, 1.807) is 6.07 Å². The Balaban J connectivity index is 2.82. The lowest BCUT2D eigenvalue weighted by molar-refractivity contribution is 0.470. The Hall–Kier alpha value is -0.893. The number of phenols is 1. The van der Waals surface area contributed by atoms with Crippen molar-refractivity contribution < 1.29 is 5.11 Å². The van der Waals surface area contributed by atoms with Gasteiger partial charge >= 0.3 is 0 Å². The zero-order chi connectivity index (χ0) is 12.1. The molecule has 0 saturated heterocycles. The highest BCUT2D eigenvalue weighted by atomic mass is 28.2. The van der Waals surface area contributed by atoms with E-state index in [0.717, 1.165) is 23.1 Å². The predicted octanol–water partition coefficient (Wildman–Crippen LogP) is 3.63. The number of aromatic hydroxyl groups is 1. The van der Waals surface area contributed by atoms with Crippen LogP contribution in [0.5, 0.6) is 5.75 Å². The van der Waals surface area contributed by atoms with Crippen molar-refractivity contribution >= 4 is 14.1 Å². The summed E-state index contributed by atoms with van der Waals surface area (Å²) in [5.41, 5.74) is 5.01. The molecule has 0 atom stereocenters. The first-order valence-corrected chi connectivity index (χ1v) is 7.72. The molecule has 1 aromatic rings. The second-order valence-electron chi connectivity index (χ2n) is 4.85. The van der Waals surface area contributed by atoms with Crippen LogP contribution in [0, 0.1) is 0 Å². The van der Waals surface area contributed by atoms with Gasteiger partial charge in [-0.15, -0.1) is 0 Å². The first-order chi connectivity index (χ1) is 7.52. The van der Waals surface area contributed by atoms with Crippen molar-refractivity contribution in [1.29, 1.82) is 0 Å². The molecule has 0 aliphatic carbocycles. The number of para-hydroxylation sites is 1. The Labute approximate surface area is 100 Å². The van der Waals surface area contributed by atoms with Crippen LogP contribution in [-0.2, 0) is 6.42 Å². The number of benzene rings is 1. The highest BCUT2D eigenvalue weighted by Gasteiger charge is 2.09. The van der Waals surface area contributed by atoms with Crippen LogP contribution in [0.1, 0.15) is 33.3 Å². The highest BCUT2D eigenvalue weighted by molar-refractivity contribution is 6.68. The van der Waals surface area contributed by atoms with Gasteiger partial charge in [-0.2, -0.15) is 0 Å². The van der Waals surface area contributed by atoms with E-state index in [4.69, 9.17) is 0 Å². The largest absolute Gasteiger partial charge is 0.508 e. The van der Waals surface area contributed by atoms with Crippen molar-refractivity contribution in [1.82, 2.24) is 0 Å². The Morgan fingerprint density at radius 3 is 2.19 bits per heavy atom. The third-order valence-electron chi connectivity index (χ3n) is 2.88. The van der Waals surface area contributed by atoms with E-state index in [-0.39, 0.29) is 0 Å². The summed E-state index contributed by atoms with van der Waals surface area (Å²) in [5.74, 6) is 0.424. The minimum absolute atomic E-state index is 0.424. The summed E-state index contributed by atoms with van der Waals surface area (Å²) < 4.78 is 0. The summed E-state index contributed by atoms with van der Waals surface area (Å²) in [7, 11) is -0.429. The smallest absolute Gasteiger partial charge is 0.119 e. The van der Waals surface area contributed by atoms with Crippen molar-refractivity contribution in [3.8, 4) is 5.75 Å². The van der Waals surface area contributed by atoms with Gasteiger partial charge in [-0.3, -0.25) is 0 Å². The van der Waals surface area contributed by atoms with Crippen LogP contribution in [0.4, 0.5) is 0 Å². The molecular weight excluding hydrogens is 212 g/mol. The second-order valence-corrected chi connectivity index (χ2v) is 8.56. The van der Waals surface area contributed by atoms with Gasteiger partial charge in [-0.1, -0.05) is 51.6 Å². The molecule has 0 aliphatic heterocycles. The number of rotatable bonds is 4. The SMILES string of the molecule is CC(C)[Si](=CCc1ccccc1O)C(C)C. The molecule has 1 aromatic carbocycles. The van der Waals surface area contributed by atoms with E-state index in [1.165, 1.54) is 0 Å². The monoisotopic (exact) mass is 234 g/mol. The van der Waals surface area contributed by atoms with Crippen molar-refractivity contribution in [2.24, 2.45) is 0 Å². The fourth-order valence-corrected chi connectivity index (χ4v) is 4.78. The Bertz CT molecular complexity index is 357. The first kappa shape index (κ1) is 13.2. The lowest BCUT2D eigenvalue weighted by atomic mass is 10.1. The van der Waals surface area contributed by atoms with Gasteiger partial charge in [0.05, 0.1) is 0 Å². The van der Waals surface area contributed by atoms with Crippen LogP contribution in [0.15, 0.2) is 24.3 Å². The van der Waals surface area contributed by atoms with E-state index in [0.29, 0.717) is 5.75 Å². The van der Waals surface area contributed by atoms with Crippen molar-refractivity contribution in [2.45, 2.75) is 45.2 Å². The van der Waals surface area contributed by atoms with Crippen LogP contribution in [-0.4, -0.2) is 19.2 Å². The highest BCUT2D eigenvalue weighted by Crippen LogP contribution is 2.17. The third kappa shape index (κ3) is 3.60. The molecular formula is C14H22OSi. The van der Waals surface area contributed by atoms with Crippen molar-refractivity contribution in [3.63, 3.8) is 0 Å². The quantitative estimate of drug-likeness (QED) is 0.789. The molecule has 2 heteroatoms. The molecule has 88 valence electrons. The van der Waals surface area contributed by atoms with Gasteiger partial charge in [0.2, 0.25) is 0 Å². The van der Waals surface area contributed by atoms with Gasteiger partial charge in [0.1, 0.15) is 5.75 Å². The van der Waals surface area contributed by atoms with E-state index in [9.17, 15) is 5.11 Å². The van der Waals surface area contributed by atoms with Gasteiger partial charge in [-0.05, 0) is 29.1 Å². The molecule has 0 heterocycles. The van der Waals surface area contributed by atoms with E-state index >= 15 is 0 Å². The predicted molar refractivity (Wildman–Crippen MR) is 73.8 cm³/mol. The minimum atomic E-state index is -0.429. The number of phenolic OH excluding ortho intramolecular Hbond substituents is 1. The molecule has 0 saturated carbocycles. The van der Waals surface area contributed by atoms with Crippen molar-refractivity contribution in [3.05, 3.63) is 29.8 Å². The molecule has 1 rings (SSSR count). The van der Waals surface area contributed by atoms with E-state index in [1.807, 2.05) is 18.2 Å². The van der Waals surface area contributed by atoms with E-state index < -0.39 is 8.41 Å². The Morgan fingerprint density at radius 2 is 1.69 bits per heavy atom. The summed E-state index contributed by atoms with van der Waals surface area (Å²) in [6, 6.07) is 7.63. The summed E-state index contributed by atoms with van der Waals surface area (Å²) in [6.07, 6.45) is 0.900. The summed E-state index contributed by atoms with van der Waals surface area (Å²) >= 11 is 0. The summed E-state index contributed by atoms with van der Waals surface area (Å²) in [6.45, 7) is 9.20. The zero-order valence-electron chi connectivity index (χ0n) is 10.7. The maximum atomic E-state index is 9.69. The number of hydrogen-bond donors (Lipinski definition) is 1. The average molecular weight is 234 g/mol. The number of hydrogen-bond acceptors (Lipinski definition) is 1. The lowest BCUT2D eigenvalue weighted by Crippen LogP contribution is -2.15. The van der Waals surface area contributed by atoms with Gasteiger partial charge in [-0.25, -0.2) is 0 Å². The molecule has 0 bridgehead atoms. The third-order valence-corrected chi connectivity index (χ3v) is 6.22. The van der Waals surface area contributed by atoms with Gasteiger partial charge in [0, 0.05) is 8.41 Å². The van der Waals surface area contributed by atoms with Crippen molar-refractivity contribution in [2.75, 3.05) is 0 Å².